The molecule has 2 rings (SSSR count). The van der Waals surface area contributed by atoms with E-state index in [2.05, 4.69) is 0 Å². The predicted octanol–water partition coefficient (Wildman–Crippen LogP) is 4.51. The number of nitro benzene ring substituents is 1. The zero-order valence-corrected chi connectivity index (χ0v) is 11.9. The summed E-state index contributed by atoms with van der Waals surface area (Å²) in [7, 11) is 0. The van der Waals surface area contributed by atoms with E-state index in [1.54, 1.807) is 30.3 Å². The molecule has 0 bridgehead atoms. The van der Waals surface area contributed by atoms with Gasteiger partial charge in [-0.05, 0) is 6.07 Å². The van der Waals surface area contributed by atoms with Gasteiger partial charge in [-0.25, -0.2) is 0 Å². The maximum atomic E-state index is 12.1. The maximum Gasteiger partial charge on any atom is 0.270 e. The highest BCUT2D eigenvalue weighted by Gasteiger charge is 2.16. The van der Waals surface area contributed by atoms with Crippen molar-refractivity contribution in [1.29, 1.82) is 0 Å². The van der Waals surface area contributed by atoms with Crippen LogP contribution in [0.4, 0.5) is 5.69 Å². The molecule has 0 saturated heterocycles. The summed E-state index contributed by atoms with van der Waals surface area (Å²) in [6.45, 7) is 4.00. The van der Waals surface area contributed by atoms with Crippen LogP contribution in [0.2, 0.25) is 5.02 Å². The summed E-state index contributed by atoms with van der Waals surface area (Å²) in [4.78, 5) is 22.3. The number of hydrogen-bond acceptors (Lipinski definition) is 3. The molecule has 4 nitrogen and oxygen atoms in total. The Kier molecular flexibility index (Phi) is 5.87. The van der Waals surface area contributed by atoms with Crippen LogP contribution in [0.3, 0.4) is 0 Å². The Morgan fingerprint density at radius 2 is 1.70 bits per heavy atom. The van der Waals surface area contributed by atoms with E-state index in [-0.39, 0.29) is 22.1 Å². The lowest BCUT2D eigenvalue weighted by molar-refractivity contribution is -0.384. The lowest BCUT2D eigenvalue weighted by Crippen LogP contribution is -2.03. The molecule has 0 atom stereocenters. The van der Waals surface area contributed by atoms with Crippen LogP contribution in [0.1, 0.15) is 29.8 Å². The minimum Gasteiger partial charge on any atom is -0.289 e. The Balaban J connectivity index is 0.000000956. The number of non-ortho nitro benzene ring substituents is 1. The summed E-state index contributed by atoms with van der Waals surface area (Å²) in [6, 6.07) is 12.3. The monoisotopic (exact) mass is 291 g/mol. The summed E-state index contributed by atoms with van der Waals surface area (Å²) in [6.07, 6.45) is 0. The third-order valence-corrected chi connectivity index (χ3v) is 2.77. The third-order valence-electron chi connectivity index (χ3n) is 2.44. The second-order valence-electron chi connectivity index (χ2n) is 3.62. The molecule has 104 valence electrons. The van der Waals surface area contributed by atoms with E-state index in [1.165, 1.54) is 18.2 Å². The minimum atomic E-state index is -0.557. The van der Waals surface area contributed by atoms with Crippen LogP contribution >= 0.6 is 11.6 Å². The first kappa shape index (κ1) is 15.9. The fourth-order valence-corrected chi connectivity index (χ4v) is 1.75. The van der Waals surface area contributed by atoms with Crippen molar-refractivity contribution in [3.63, 3.8) is 0 Å². The van der Waals surface area contributed by atoms with Gasteiger partial charge in [-0.15, -0.1) is 0 Å². The number of nitrogens with zero attached hydrogens (tertiary/aromatic N) is 1. The van der Waals surface area contributed by atoms with Crippen LogP contribution in [-0.2, 0) is 0 Å². The number of carbonyl (C=O) groups is 1. The van der Waals surface area contributed by atoms with Crippen LogP contribution in [0, 0.1) is 10.1 Å². The molecule has 2 aromatic carbocycles. The van der Waals surface area contributed by atoms with Crippen LogP contribution < -0.4 is 0 Å². The van der Waals surface area contributed by atoms with Crippen molar-refractivity contribution >= 4 is 23.1 Å². The quantitative estimate of drug-likeness (QED) is 0.475. The molecule has 0 aliphatic carbocycles. The van der Waals surface area contributed by atoms with Crippen molar-refractivity contribution in [2.75, 3.05) is 0 Å². The largest absolute Gasteiger partial charge is 0.289 e. The number of rotatable bonds is 3. The predicted molar refractivity (Wildman–Crippen MR) is 79.3 cm³/mol. The Morgan fingerprint density at radius 1 is 1.10 bits per heavy atom. The van der Waals surface area contributed by atoms with Crippen molar-refractivity contribution in [3.05, 3.63) is 74.8 Å². The number of ketones is 1. The molecule has 0 fully saturated rings. The average Bonchev–Trinajstić information content (AvgIpc) is 2.49. The molecule has 0 N–H and O–H groups in total. The lowest BCUT2D eigenvalue weighted by atomic mass is 10.0. The number of benzene rings is 2. The number of nitro groups is 1. The van der Waals surface area contributed by atoms with Gasteiger partial charge >= 0.3 is 0 Å². The number of carbonyl (C=O) groups excluding carboxylic acids is 1. The van der Waals surface area contributed by atoms with E-state index in [4.69, 9.17) is 11.6 Å². The van der Waals surface area contributed by atoms with E-state index in [9.17, 15) is 14.9 Å². The molecule has 0 aromatic heterocycles. The molecule has 0 heterocycles. The second-order valence-corrected chi connectivity index (χ2v) is 4.02. The van der Waals surface area contributed by atoms with Crippen molar-refractivity contribution in [1.82, 2.24) is 0 Å². The molecule has 0 saturated carbocycles. The van der Waals surface area contributed by atoms with Gasteiger partial charge in [0.15, 0.2) is 5.78 Å². The fraction of sp³-hybridized carbons (Fsp3) is 0.133. The smallest absolute Gasteiger partial charge is 0.270 e. The van der Waals surface area contributed by atoms with E-state index in [1.807, 2.05) is 13.8 Å². The average molecular weight is 292 g/mol. The van der Waals surface area contributed by atoms with Gasteiger partial charge < -0.3 is 0 Å². The van der Waals surface area contributed by atoms with E-state index >= 15 is 0 Å². The third kappa shape index (κ3) is 3.65. The van der Waals surface area contributed by atoms with Crippen molar-refractivity contribution < 1.29 is 9.72 Å². The molecule has 0 aliphatic heterocycles. The van der Waals surface area contributed by atoms with Gasteiger partial charge in [-0.3, -0.25) is 14.9 Å². The van der Waals surface area contributed by atoms with Gasteiger partial charge in [0.25, 0.3) is 5.69 Å². The molecule has 0 unspecified atom stereocenters. The lowest BCUT2D eigenvalue weighted by Gasteiger charge is -2.03. The van der Waals surface area contributed by atoms with E-state index < -0.39 is 4.92 Å². The van der Waals surface area contributed by atoms with Crippen molar-refractivity contribution in [2.45, 2.75) is 13.8 Å². The Bertz CT molecular complexity index is 612. The van der Waals surface area contributed by atoms with Gasteiger partial charge in [-0.2, -0.15) is 0 Å². The molecule has 0 amide bonds. The highest BCUT2D eigenvalue weighted by atomic mass is 35.5. The maximum absolute atomic E-state index is 12.1. The highest BCUT2D eigenvalue weighted by Crippen LogP contribution is 2.24. The van der Waals surface area contributed by atoms with Crippen molar-refractivity contribution in [2.24, 2.45) is 0 Å². The first-order valence-electron chi connectivity index (χ1n) is 6.13. The summed E-state index contributed by atoms with van der Waals surface area (Å²) < 4.78 is 0. The molecule has 0 aliphatic rings. The number of hydrogen-bond donors (Lipinski definition) is 0. The Labute approximate surface area is 122 Å². The van der Waals surface area contributed by atoms with Crippen LogP contribution in [0.5, 0.6) is 0 Å². The van der Waals surface area contributed by atoms with Gasteiger partial charge in [0.1, 0.15) is 0 Å². The highest BCUT2D eigenvalue weighted by molar-refractivity contribution is 6.35. The molecule has 0 spiro atoms. The molecular formula is C15H14ClNO3. The van der Waals surface area contributed by atoms with Crippen LogP contribution in [0.25, 0.3) is 0 Å². The van der Waals surface area contributed by atoms with Gasteiger partial charge in [-0.1, -0.05) is 55.8 Å². The first-order chi connectivity index (χ1) is 9.59. The van der Waals surface area contributed by atoms with Crippen LogP contribution in [-0.4, -0.2) is 10.7 Å². The SMILES string of the molecule is CC.O=C(c1ccccc1)c1cc([N+](=O)[O-])ccc1Cl. The molecule has 0 radical (unpaired) electrons. The first-order valence-corrected chi connectivity index (χ1v) is 6.51. The fourth-order valence-electron chi connectivity index (χ4n) is 1.55. The van der Waals surface area contributed by atoms with Crippen molar-refractivity contribution in [3.8, 4) is 0 Å². The van der Waals surface area contributed by atoms with Gasteiger partial charge in [0, 0.05) is 23.3 Å². The van der Waals surface area contributed by atoms with E-state index in [0.29, 0.717) is 5.56 Å². The van der Waals surface area contributed by atoms with Gasteiger partial charge in [0.2, 0.25) is 0 Å². The van der Waals surface area contributed by atoms with E-state index in [0.717, 1.165) is 0 Å². The summed E-state index contributed by atoms with van der Waals surface area (Å²) in [5.41, 5.74) is 0.427. The zero-order valence-electron chi connectivity index (χ0n) is 11.2. The molecule has 2 aromatic rings. The minimum absolute atomic E-state index is 0.136. The summed E-state index contributed by atoms with van der Waals surface area (Å²) >= 11 is 5.90. The number of halogens is 1. The zero-order chi connectivity index (χ0) is 15.1. The second kappa shape index (κ2) is 7.40. The molecule has 5 heteroatoms. The normalized spacial score (nSPS) is 9.35. The molecule has 20 heavy (non-hydrogen) atoms. The Hall–Kier alpha value is -2.20. The summed E-state index contributed by atoms with van der Waals surface area (Å²) in [5, 5.41) is 10.9. The summed E-state index contributed by atoms with van der Waals surface area (Å²) in [5.74, 6) is -0.329. The Morgan fingerprint density at radius 3 is 2.25 bits per heavy atom. The topological polar surface area (TPSA) is 60.2 Å². The molecular weight excluding hydrogens is 278 g/mol. The van der Waals surface area contributed by atoms with Gasteiger partial charge in [0.05, 0.1) is 9.95 Å². The van der Waals surface area contributed by atoms with Crippen LogP contribution in [0.15, 0.2) is 48.5 Å². The standard InChI is InChI=1S/C13H8ClNO3.C2H6/c14-12-7-6-10(15(17)18)8-11(12)13(16)9-4-2-1-3-5-9;1-2/h1-8H;1-2H3.